The first-order chi connectivity index (χ1) is 10.6. The van der Waals surface area contributed by atoms with Crippen LogP contribution in [0.4, 0.5) is 5.13 Å². The summed E-state index contributed by atoms with van der Waals surface area (Å²) in [6.45, 7) is 1.96. The van der Waals surface area contributed by atoms with Gasteiger partial charge in [0.25, 0.3) is 5.91 Å². The molecular formula is C15H11ClN4OS. The molecule has 3 aromatic rings. The second-order valence-corrected chi connectivity index (χ2v) is 6.12. The van der Waals surface area contributed by atoms with Gasteiger partial charge in [-0.1, -0.05) is 23.7 Å². The third kappa shape index (κ3) is 3.13. The molecule has 0 saturated heterocycles. The van der Waals surface area contributed by atoms with Gasteiger partial charge in [0.2, 0.25) is 0 Å². The first kappa shape index (κ1) is 14.6. The van der Waals surface area contributed by atoms with Crippen LogP contribution in [0.3, 0.4) is 0 Å². The van der Waals surface area contributed by atoms with E-state index in [1.54, 1.807) is 0 Å². The molecule has 0 saturated carbocycles. The summed E-state index contributed by atoms with van der Waals surface area (Å²) in [5.74, 6) is -0.329. The number of anilines is 1. The third-order valence-electron chi connectivity index (χ3n) is 2.93. The van der Waals surface area contributed by atoms with Gasteiger partial charge in [-0.2, -0.15) is 0 Å². The van der Waals surface area contributed by atoms with Gasteiger partial charge in [-0.25, -0.2) is 9.97 Å². The molecule has 3 rings (SSSR count). The summed E-state index contributed by atoms with van der Waals surface area (Å²) in [6, 6.07) is 7.43. The van der Waals surface area contributed by atoms with E-state index in [1.165, 1.54) is 29.9 Å². The molecule has 2 heterocycles. The molecule has 0 spiro atoms. The molecule has 1 amide bonds. The largest absolute Gasteiger partial charge is 0.296 e. The Kier molecular flexibility index (Phi) is 4.13. The van der Waals surface area contributed by atoms with Gasteiger partial charge in [-0.3, -0.25) is 15.1 Å². The van der Waals surface area contributed by atoms with Crippen LogP contribution >= 0.6 is 22.9 Å². The lowest BCUT2D eigenvalue weighted by Crippen LogP contribution is -2.13. The Morgan fingerprint density at radius 3 is 2.68 bits per heavy atom. The summed E-state index contributed by atoms with van der Waals surface area (Å²) in [6.07, 6.45) is 4.40. The molecule has 22 heavy (non-hydrogen) atoms. The maximum atomic E-state index is 12.1. The average Bonchev–Trinajstić information content (AvgIpc) is 2.89. The normalized spacial score (nSPS) is 10.5. The number of hydrogen-bond acceptors (Lipinski definition) is 5. The molecular weight excluding hydrogens is 320 g/mol. The number of halogens is 1. The Hall–Kier alpha value is -2.31. The summed E-state index contributed by atoms with van der Waals surface area (Å²) in [7, 11) is 0. The van der Waals surface area contributed by atoms with Crippen molar-refractivity contribution in [2.75, 3.05) is 5.32 Å². The maximum absolute atomic E-state index is 12.1. The molecule has 0 atom stereocenters. The summed E-state index contributed by atoms with van der Waals surface area (Å²) >= 11 is 7.31. The highest BCUT2D eigenvalue weighted by Crippen LogP contribution is 2.31. The molecule has 0 aliphatic carbocycles. The van der Waals surface area contributed by atoms with Gasteiger partial charge < -0.3 is 0 Å². The lowest BCUT2D eigenvalue weighted by Gasteiger charge is -2.00. The van der Waals surface area contributed by atoms with Crippen molar-refractivity contribution in [3.05, 3.63) is 58.4 Å². The molecule has 2 aromatic heterocycles. The van der Waals surface area contributed by atoms with Crippen LogP contribution in [0.5, 0.6) is 0 Å². The second-order valence-electron chi connectivity index (χ2n) is 4.48. The monoisotopic (exact) mass is 330 g/mol. The number of benzene rings is 1. The van der Waals surface area contributed by atoms with Crippen LogP contribution in [0.15, 0.2) is 42.9 Å². The van der Waals surface area contributed by atoms with Crippen LogP contribution in [0.1, 0.15) is 15.4 Å². The van der Waals surface area contributed by atoms with Crippen LogP contribution in [-0.4, -0.2) is 20.9 Å². The number of nitrogens with one attached hydrogen (secondary N) is 1. The first-order valence-corrected chi connectivity index (χ1v) is 7.63. The van der Waals surface area contributed by atoms with E-state index in [-0.39, 0.29) is 11.6 Å². The fraction of sp³-hybridized carbons (Fsp3) is 0.0667. The van der Waals surface area contributed by atoms with Crippen molar-refractivity contribution in [1.82, 2.24) is 15.0 Å². The van der Waals surface area contributed by atoms with Crippen molar-refractivity contribution in [3.8, 4) is 11.3 Å². The Morgan fingerprint density at radius 1 is 1.23 bits per heavy atom. The van der Waals surface area contributed by atoms with E-state index in [2.05, 4.69) is 20.3 Å². The van der Waals surface area contributed by atoms with Gasteiger partial charge in [0.1, 0.15) is 5.69 Å². The lowest BCUT2D eigenvalue weighted by atomic mass is 10.1. The minimum atomic E-state index is -0.329. The lowest BCUT2D eigenvalue weighted by molar-refractivity contribution is 0.102. The minimum absolute atomic E-state index is 0.253. The molecule has 0 aliphatic rings. The van der Waals surface area contributed by atoms with Gasteiger partial charge >= 0.3 is 0 Å². The van der Waals surface area contributed by atoms with Gasteiger partial charge in [0, 0.05) is 27.9 Å². The highest BCUT2D eigenvalue weighted by atomic mass is 35.5. The number of rotatable bonds is 3. The number of carbonyl (C=O) groups is 1. The zero-order valence-electron chi connectivity index (χ0n) is 11.6. The predicted molar refractivity (Wildman–Crippen MR) is 87.3 cm³/mol. The van der Waals surface area contributed by atoms with E-state index in [0.717, 1.165) is 16.1 Å². The molecule has 0 aliphatic heterocycles. The van der Waals surface area contributed by atoms with Crippen molar-refractivity contribution >= 4 is 34.0 Å². The van der Waals surface area contributed by atoms with E-state index in [4.69, 9.17) is 11.6 Å². The molecule has 1 N–H and O–H groups in total. The zero-order valence-corrected chi connectivity index (χ0v) is 13.1. The molecule has 0 fully saturated rings. The van der Waals surface area contributed by atoms with Gasteiger partial charge in [-0.15, -0.1) is 11.3 Å². The minimum Gasteiger partial charge on any atom is -0.296 e. The van der Waals surface area contributed by atoms with Gasteiger partial charge in [0.15, 0.2) is 5.13 Å². The summed E-state index contributed by atoms with van der Waals surface area (Å²) in [5, 5.41) is 3.94. The Morgan fingerprint density at radius 2 is 2.00 bits per heavy atom. The highest BCUT2D eigenvalue weighted by molar-refractivity contribution is 7.16. The number of aromatic nitrogens is 3. The molecule has 0 radical (unpaired) electrons. The summed E-state index contributed by atoms with van der Waals surface area (Å²) in [4.78, 5) is 25.4. The molecule has 7 heteroatoms. The van der Waals surface area contributed by atoms with E-state index in [1.807, 2.05) is 31.2 Å². The predicted octanol–water partition coefficient (Wildman–Crippen LogP) is 3.81. The smallest absolute Gasteiger partial charge is 0.277 e. The fourth-order valence-electron chi connectivity index (χ4n) is 1.90. The number of nitrogens with zero attached hydrogens (tertiary/aromatic N) is 3. The van der Waals surface area contributed by atoms with Gasteiger partial charge in [0.05, 0.1) is 11.9 Å². The number of thiazole rings is 1. The zero-order chi connectivity index (χ0) is 15.5. The van der Waals surface area contributed by atoms with Crippen molar-refractivity contribution in [2.24, 2.45) is 0 Å². The maximum Gasteiger partial charge on any atom is 0.277 e. The van der Waals surface area contributed by atoms with Crippen LogP contribution in [-0.2, 0) is 0 Å². The standard InChI is InChI=1S/C15H11ClN4OS/c1-9-13(10-2-4-11(16)5-3-10)19-15(22-9)20-14(21)12-8-17-6-7-18-12/h2-8H,1H3,(H,19,20,21). The average molecular weight is 331 g/mol. The quantitative estimate of drug-likeness (QED) is 0.792. The van der Waals surface area contributed by atoms with E-state index < -0.39 is 0 Å². The Labute approximate surface area is 136 Å². The SMILES string of the molecule is Cc1sc(NC(=O)c2cnccn2)nc1-c1ccc(Cl)cc1. The van der Waals surface area contributed by atoms with Crippen molar-refractivity contribution in [1.29, 1.82) is 0 Å². The highest BCUT2D eigenvalue weighted by Gasteiger charge is 2.13. The summed E-state index contributed by atoms with van der Waals surface area (Å²) < 4.78 is 0. The van der Waals surface area contributed by atoms with Crippen LogP contribution < -0.4 is 5.32 Å². The molecule has 1 aromatic carbocycles. The third-order valence-corrected chi connectivity index (χ3v) is 4.07. The Bertz CT molecular complexity index is 802. The molecule has 110 valence electrons. The Balaban J connectivity index is 1.83. The topological polar surface area (TPSA) is 67.8 Å². The first-order valence-electron chi connectivity index (χ1n) is 6.44. The molecule has 0 unspecified atom stereocenters. The van der Waals surface area contributed by atoms with E-state index in [0.29, 0.717) is 10.2 Å². The van der Waals surface area contributed by atoms with Crippen LogP contribution in [0, 0.1) is 6.92 Å². The van der Waals surface area contributed by atoms with Crippen LogP contribution in [0.25, 0.3) is 11.3 Å². The van der Waals surface area contributed by atoms with E-state index >= 15 is 0 Å². The number of carbonyl (C=O) groups excluding carboxylic acids is 1. The molecule has 5 nitrogen and oxygen atoms in total. The summed E-state index contributed by atoms with van der Waals surface area (Å²) in [5.41, 5.74) is 2.04. The number of aryl methyl sites for hydroxylation is 1. The van der Waals surface area contributed by atoms with Crippen molar-refractivity contribution in [2.45, 2.75) is 6.92 Å². The van der Waals surface area contributed by atoms with Crippen molar-refractivity contribution in [3.63, 3.8) is 0 Å². The fourth-order valence-corrected chi connectivity index (χ4v) is 2.86. The van der Waals surface area contributed by atoms with E-state index in [9.17, 15) is 4.79 Å². The number of amides is 1. The van der Waals surface area contributed by atoms with Crippen molar-refractivity contribution < 1.29 is 4.79 Å². The number of hydrogen-bond donors (Lipinski definition) is 1. The second kappa shape index (κ2) is 6.21. The van der Waals surface area contributed by atoms with Gasteiger partial charge in [-0.05, 0) is 19.1 Å². The van der Waals surface area contributed by atoms with Crippen LogP contribution in [0.2, 0.25) is 5.02 Å². The molecule has 0 bridgehead atoms.